The van der Waals surface area contributed by atoms with E-state index >= 15 is 0 Å². The van der Waals surface area contributed by atoms with Gasteiger partial charge in [-0.25, -0.2) is 4.68 Å². The minimum Gasteiger partial charge on any atom is -0.360 e. The molecule has 0 aliphatic rings. The zero-order valence-electron chi connectivity index (χ0n) is 12.4. The van der Waals surface area contributed by atoms with Gasteiger partial charge in [-0.1, -0.05) is 22.9 Å². The Kier molecular flexibility index (Phi) is 3.73. The van der Waals surface area contributed by atoms with Gasteiger partial charge in [0.05, 0.1) is 11.2 Å². The Balaban J connectivity index is 1.95. The first-order chi connectivity index (χ1) is 11.2. The summed E-state index contributed by atoms with van der Waals surface area (Å²) in [6.45, 7) is 2.03. The maximum atomic E-state index is 8.72. The van der Waals surface area contributed by atoms with E-state index in [9.17, 15) is 0 Å². The molecule has 0 radical (unpaired) electrons. The van der Waals surface area contributed by atoms with E-state index < -0.39 is 0 Å². The number of nitrogens with zero attached hydrogens (tertiary/aromatic N) is 5. The number of anilines is 1. The minimum atomic E-state index is 0.00778. The van der Waals surface area contributed by atoms with Crippen LogP contribution in [-0.2, 0) is 0 Å². The van der Waals surface area contributed by atoms with Crippen molar-refractivity contribution < 1.29 is 0 Å². The van der Waals surface area contributed by atoms with Crippen molar-refractivity contribution in [2.24, 2.45) is 0 Å². The van der Waals surface area contributed by atoms with Gasteiger partial charge < -0.3 is 5.32 Å². The number of rotatable bonds is 3. The molecule has 0 spiro atoms. The first-order valence-corrected chi connectivity index (χ1v) is 6.90. The van der Waals surface area contributed by atoms with E-state index in [-0.39, 0.29) is 5.57 Å². The molecule has 110 valence electrons. The second-order valence-electron chi connectivity index (χ2n) is 4.97. The molecule has 1 heterocycles. The van der Waals surface area contributed by atoms with Crippen LogP contribution in [-0.4, -0.2) is 15.0 Å². The summed E-state index contributed by atoms with van der Waals surface area (Å²) in [5.74, 6) is 0. The molecule has 3 aromatic rings. The highest BCUT2D eigenvalue weighted by Gasteiger charge is 2.07. The molecule has 1 N–H and O–H groups in total. The van der Waals surface area contributed by atoms with Gasteiger partial charge in [-0.15, -0.1) is 5.10 Å². The molecule has 0 saturated carbocycles. The Bertz CT molecular complexity index is 951. The first kappa shape index (κ1) is 14.3. The normalized spacial score (nSPS) is 9.87. The van der Waals surface area contributed by atoms with E-state index in [2.05, 4.69) is 15.6 Å². The minimum absolute atomic E-state index is 0.00778. The number of aromatic nitrogens is 3. The molecule has 0 bridgehead atoms. The summed E-state index contributed by atoms with van der Waals surface area (Å²) in [4.78, 5) is 0. The first-order valence-electron chi connectivity index (χ1n) is 6.90. The van der Waals surface area contributed by atoms with Crippen molar-refractivity contribution in [3.63, 3.8) is 0 Å². The molecule has 2 aromatic carbocycles. The van der Waals surface area contributed by atoms with Crippen molar-refractivity contribution in [1.29, 1.82) is 10.5 Å². The molecule has 6 nitrogen and oxygen atoms in total. The van der Waals surface area contributed by atoms with Crippen LogP contribution in [0.4, 0.5) is 5.69 Å². The van der Waals surface area contributed by atoms with E-state index in [1.165, 1.54) is 11.8 Å². The predicted molar refractivity (Wildman–Crippen MR) is 86.5 cm³/mol. The van der Waals surface area contributed by atoms with Gasteiger partial charge in [-0.2, -0.15) is 10.5 Å². The van der Waals surface area contributed by atoms with Crippen LogP contribution in [0.25, 0.3) is 16.7 Å². The Morgan fingerprint density at radius 3 is 2.57 bits per heavy atom. The van der Waals surface area contributed by atoms with Gasteiger partial charge in [-0.05, 0) is 37.3 Å². The van der Waals surface area contributed by atoms with E-state index in [1.54, 1.807) is 16.8 Å². The third kappa shape index (κ3) is 2.87. The Labute approximate surface area is 132 Å². The lowest BCUT2D eigenvalue weighted by Crippen LogP contribution is -1.96. The Hall–Kier alpha value is -3.64. The van der Waals surface area contributed by atoms with Crippen LogP contribution in [0.3, 0.4) is 0 Å². The molecule has 0 fully saturated rings. The molecule has 0 aliphatic carbocycles. The summed E-state index contributed by atoms with van der Waals surface area (Å²) in [5.41, 5.74) is 4.46. The van der Waals surface area contributed by atoms with Crippen LogP contribution >= 0.6 is 0 Å². The molecular weight excluding hydrogens is 288 g/mol. The monoisotopic (exact) mass is 300 g/mol. The van der Waals surface area contributed by atoms with Crippen molar-refractivity contribution in [1.82, 2.24) is 15.0 Å². The maximum absolute atomic E-state index is 8.72. The van der Waals surface area contributed by atoms with Crippen LogP contribution in [0.1, 0.15) is 5.56 Å². The second-order valence-corrected chi connectivity index (χ2v) is 4.97. The molecule has 1 aromatic heterocycles. The quantitative estimate of drug-likeness (QED) is 0.751. The zero-order chi connectivity index (χ0) is 16.2. The number of hydrogen-bond acceptors (Lipinski definition) is 5. The molecule has 0 unspecified atom stereocenters. The topological polar surface area (TPSA) is 90.3 Å². The van der Waals surface area contributed by atoms with Gasteiger partial charge in [0.1, 0.15) is 23.2 Å². The lowest BCUT2D eigenvalue weighted by Gasteiger charge is -2.04. The van der Waals surface area contributed by atoms with Crippen molar-refractivity contribution in [3.8, 4) is 17.8 Å². The standard InChI is InChI=1S/C17H12N6/c1-12-2-5-15(6-3-12)23-17-7-4-14(8-16(17)21-22-23)20-11-13(9-18)10-19/h2-8,11,20H,1H3. The summed E-state index contributed by atoms with van der Waals surface area (Å²) in [6, 6.07) is 17.2. The average Bonchev–Trinajstić information content (AvgIpc) is 3.00. The molecule has 3 rings (SSSR count). The number of hydrogen-bond donors (Lipinski definition) is 1. The fraction of sp³-hybridized carbons (Fsp3) is 0.0588. The fourth-order valence-corrected chi connectivity index (χ4v) is 2.14. The highest BCUT2D eigenvalue weighted by molar-refractivity contribution is 5.80. The summed E-state index contributed by atoms with van der Waals surface area (Å²) in [6.07, 6.45) is 1.37. The number of allylic oxidation sites excluding steroid dienone is 1. The highest BCUT2D eigenvalue weighted by atomic mass is 15.4. The van der Waals surface area contributed by atoms with E-state index in [4.69, 9.17) is 10.5 Å². The van der Waals surface area contributed by atoms with Crippen LogP contribution in [0.15, 0.2) is 54.2 Å². The largest absolute Gasteiger partial charge is 0.360 e. The van der Waals surface area contributed by atoms with Crippen molar-refractivity contribution >= 4 is 16.7 Å². The molecule has 0 aliphatic heterocycles. The number of nitriles is 2. The van der Waals surface area contributed by atoms with Gasteiger partial charge in [0.25, 0.3) is 0 Å². The highest BCUT2D eigenvalue weighted by Crippen LogP contribution is 2.20. The van der Waals surface area contributed by atoms with Crippen LogP contribution in [0.5, 0.6) is 0 Å². The molecule has 0 amide bonds. The summed E-state index contributed by atoms with van der Waals surface area (Å²) in [7, 11) is 0. The third-order valence-corrected chi connectivity index (χ3v) is 3.35. The van der Waals surface area contributed by atoms with Crippen LogP contribution in [0, 0.1) is 29.6 Å². The van der Waals surface area contributed by atoms with Crippen molar-refractivity contribution in [3.05, 3.63) is 59.8 Å². The summed E-state index contributed by atoms with van der Waals surface area (Å²) in [5, 5.41) is 28.7. The second kappa shape index (κ2) is 6.00. The van der Waals surface area contributed by atoms with Gasteiger partial charge in [0.15, 0.2) is 0 Å². The maximum Gasteiger partial charge on any atom is 0.145 e. The van der Waals surface area contributed by atoms with Crippen LogP contribution < -0.4 is 5.32 Å². The molecule has 6 heteroatoms. The average molecular weight is 300 g/mol. The lowest BCUT2D eigenvalue weighted by atomic mass is 10.2. The van der Waals surface area contributed by atoms with Gasteiger partial charge in [-0.3, -0.25) is 0 Å². The van der Waals surface area contributed by atoms with Crippen molar-refractivity contribution in [2.45, 2.75) is 6.92 Å². The molecule has 0 saturated heterocycles. The van der Waals surface area contributed by atoms with E-state index in [0.717, 1.165) is 22.4 Å². The number of aryl methyl sites for hydroxylation is 1. The van der Waals surface area contributed by atoms with Gasteiger partial charge in [0.2, 0.25) is 0 Å². The lowest BCUT2D eigenvalue weighted by molar-refractivity contribution is 0.823. The van der Waals surface area contributed by atoms with Crippen molar-refractivity contribution in [2.75, 3.05) is 5.32 Å². The van der Waals surface area contributed by atoms with E-state index in [1.807, 2.05) is 49.4 Å². The SMILES string of the molecule is Cc1ccc(-n2nnc3cc(NC=C(C#N)C#N)ccc32)cc1. The molecular formula is C17H12N6. The fourth-order valence-electron chi connectivity index (χ4n) is 2.14. The van der Waals surface area contributed by atoms with Crippen LogP contribution in [0.2, 0.25) is 0 Å². The zero-order valence-corrected chi connectivity index (χ0v) is 12.4. The Morgan fingerprint density at radius 1 is 1.13 bits per heavy atom. The smallest absolute Gasteiger partial charge is 0.145 e. The number of fused-ring (bicyclic) bond motifs is 1. The molecule has 23 heavy (non-hydrogen) atoms. The van der Waals surface area contributed by atoms with E-state index in [0.29, 0.717) is 0 Å². The van der Waals surface area contributed by atoms with Gasteiger partial charge >= 0.3 is 0 Å². The van der Waals surface area contributed by atoms with Gasteiger partial charge in [0, 0.05) is 11.9 Å². The summed E-state index contributed by atoms with van der Waals surface area (Å²) >= 11 is 0. The Morgan fingerprint density at radius 2 is 1.87 bits per heavy atom. The number of nitrogens with one attached hydrogen (secondary N) is 1. The predicted octanol–water partition coefficient (Wildman–Crippen LogP) is 3.07. The third-order valence-electron chi connectivity index (χ3n) is 3.35. The summed E-state index contributed by atoms with van der Waals surface area (Å²) < 4.78 is 1.77. The molecule has 0 atom stereocenters. The number of benzene rings is 2.